The summed E-state index contributed by atoms with van der Waals surface area (Å²) in [6.07, 6.45) is 4.00. The van der Waals surface area contributed by atoms with E-state index in [2.05, 4.69) is 57.7 Å². The molecule has 3 nitrogen and oxygen atoms in total. The Kier molecular flexibility index (Phi) is 4.86. The number of aliphatic imine (C=N–C) groups is 1. The number of benzene rings is 2. The van der Waals surface area contributed by atoms with E-state index in [0.717, 1.165) is 38.4 Å². The van der Waals surface area contributed by atoms with Crippen LogP contribution in [0.4, 0.5) is 5.69 Å². The summed E-state index contributed by atoms with van der Waals surface area (Å²) >= 11 is 3.48. The van der Waals surface area contributed by atoms with Gasteiger partial charge in [-0.1, -0.05) is 15.9 Å². The highest BCUT2D eigenvalue weighted by Crippen LogP contribution is 2.23. The molecule has 0 unspecified atom stereocenters. The summed E-state index contributed by atoms with van der Waals surface area (Å²) in [5.41, 5.74) is 5.47. The molecule has 24 heavy (non-hydrogen) atoms. The SMILES string of the molecule is COc1ccc(-n2cc(C=Nc3ccc(Br)cc3C)cc2C)cc1. The van der Waals surface area contributed by atoms with E-state index in [1.54, 1.807) is 7.11 Å². The number of hydrogen-bond acceptors (Lipinski definition) is 2. The minimum atomic E-state index is 0.857. The molecule has 0 saturated heterocycles. The Hall–Kier alpha value is -2.33. The van der Waals surface area contributed by atoms with E-state index < -0.39 is 0 Å². The van der Waals surface area contributed by atoms with Crippen molar-refractivity contribution in [3.63, 3.8) is 0 Å². The molecule has 3 rings (SSSR count). The fourth-order valence-electron chi connectivity index (χ4n) is 2.60. The Morgan fingerprint density at radius 3 is 2.46 bits per heavy atom. The minimum Gasteiger partial charge on any atom is -0.497 e. The summed E-state index contributed by atoms with van der Waals surface area (Å²) in [5.74, 6) is 0.857. The van der Waals surface area contributed by atoms with E-state index in [0.29, 0.717) is 0 Å². The van der Waals surface area contributed by atoms with Crippen molar-refractivity contribution in [2.24, 2.45) is 4.99 Å². The zero-order valence-corrected chi connectivity index (χ0v) is 15.5. The predicted octanol–water partition coefficient (Wildman–Crippen LogP) is 5.62. The lowest BCUT2D eigenvalue weighted by atomic mass is 10.2. The van der Waals surface area contributed by atoms with Gasteiger partial charge in [0, 0.05) is 33.8 Å². The summed E-state index contributed by atoms with van der Waals surface area (Å²) in [6, 6.07) is 16.2. The molecule has 0 N–H and O–H groups in total. The normalized spacial score (nSPS) is 11.2. The molecule has 0 saturated carbocycles. The largest absolute Gasteiger partial charge is 0.497 e. The maximum Gasteiger partial charge on any atom is 0.119 e. The summed E-state index contributed by atoms with van der Waals surface area (Å²) in [7, 11) is 1.68. The molecule has 3 aromatic rings. The molecule has 2 aromatic carbocycles. The Bertz CT molecular complexity index is 879. The lowest BCUT2D eigenvalue weighted by molar-refractivity contribution is 0.414. The maximum atomic E-state index is 5.21. The molecule has 0 bridgehead atoms. The second-order valence-corrected chi connectivity index (χ2v) is 6.59. The fraction of sp³-hybridized carbons (Fsp3) is 0.150. The van der Waals surface area contributed by atoms with Crippen molar-refractivity contribution < 1.29 is 4.74 Å². The Balaban J connectivity index is 1.86. The molecule has 0 fully saturated rings. The van der Waals surface area contributed by atoms with Gasteiger partial charge in [0.05, 0.1) is 12.8 Å². The molecule has 1 heterocycles. The number of hydrogen-bond donors (Lipinski definition) is 0. The molecular formula is C20H19BrN2O. The van der Waals surface area contributed by atoms with Gasteiger partial charge >= 0.3 is 0 Å². The summed E-state index contributed by atoms with van der Waals surface area (Å²) in [6.45, 7) is 4.15. The molecule has 0 atom stereocenters. The van der Waals surface area contributed by atoms with Crippen molar-refractivity contribution in [1.82, 2.24) is 4.57 Å². The van der Waals surface area contributed by atoms with E-state index in [4.69, 9.17) is 4.74 Å². The molecular weight excluding hydrogens is 364 g/mol. The van der Waals surface area contributed by atoms with Gasteiger partial charge in [0.1, 0.15) is 5.75 Å². The predicted molar refractivity (Wildman–Crippen MR) is 103 cm³/mol. The van der Waals surface area contributed by atoms with Gasteiger partial charge in [-0.3, -0.25) is 4.99 Å². The van der Waals surface area contributed by atoms with Gasteiger partial charge in [0.25, 0.3) is 0 Å². The van der Waals surface area contributed by atoms with Gasteiger partial charge in [0.2, 0.25) is 0 Å². The number of aryl methyl sites for hydroxylation is 2. The first-order chi connectivity index (χ1) is 11.6. The lowest BCUT2D eigenvalue weighted by Gasteiger charge is -2.06. The zero-order valence-electron chi connectivity index (χ0n) is 14.0. The third-order valence-electron chi connectivity index (χ3n) is 3.90. The highest BCUT2D eigenvalue weighted by atomic mass is 79.9. The van der Waals surface area contributed by atoms with Gasteiger partial charge in [0.15, 0.2) is 0 Å². The van der Waals surface area contributed by atoms with Crippen LogP contribution >= 0.6 is 15.9 Å². The summed E-state index contributed by atoms with van der Waals surface area (Å²) in [5, 5.41) is 0. The number of rotatable bonds is 4. The van der Waals surface area contributed by atoms with Crippen molar-refractivity contribution in [1.29, 1.82) is 0 Å². The quantitative estimate of drug-likeness (QED) is 0.538. The van der Waals surface area contributed by atoms with Crippen molar-refractivity contribution in [3.8, 4) is 11.4 Å². The van der Waals surface area contributed by atoms with Gasteiger partial charge in [-0.25, -0.2) is 0 Å². The van der Waals surface area contributed by atoms with Crippen LogP contribution in [0.3, 0.4) is 0 Å². The van der Waals surface area contributed by atoms with Gasteiger partial charge in [-0.2, -0.15) is 0 Å². The molecule has 122 valence electrons. The van der Waals surface area contributed by atoms with Crippen LogP contribution in [0, 0.1) is 13.8 Å². The van der Waals surface area contributed by atoms with Crippen molar-refractivity contribution in [2.75, 3.05) is 7.11 Å². The Morgan fingerprint density at radius 2 is 1.79 bits per heavy atom. The number of ether oxygens (including phenoxy) is 1. The van der Waals surface area contributed by atoms with Crippen molar-refractivity contribution >= 4 is 27.8 Å². The highest BCUT2D eigenvalue weighted by molar-refractivity contribution is 9.10. The number of methoxy groups -OCH3 is 1. The third kappa shape index (κ3) is 3.60. The summed E-state index contributed by atoms with van der Waals surface area (Å²) < 4.78 is 8.43. The van der Waals surface area contributed by atoms with Crippen LogP contribution in [0.5, 0.6) is 5.75 Å². The topological polar surface area (TPSA) is 26.5 Å². The first-order valence-electron chi connectivity index (χ1n) is 7.70. The molecule has 0 aliphatic rings. The Morgan fingerprint density at radius 1 is 1.04 bits per heavy atom. The van der Waals surface area contributed by atoms with Crippen molar-refractivity contribution in [3.05, 3.63) is 76.0 Å². The first kappa shape index (κ1) is 16.5. The van der Waals surface area contributed by atoms with Crippen LogP contribution in [0.1, 0.15) is 16.8 Å². The van der Waals surface area contributed by atoms with Crippen LogP contribution in [0.15, 0.2) is 64.2 Å². The standard InChI is InChI=1S/C20H19BrN2O/c1-14-10-17(21)4-9-20(14)22-12-16-11-15(2)23(13-16)18-5-7-19(24-3)8-6-18/h4-13H,1-3H3. The monoisotopic (exact) mass is 382 g/mol. The van der Waals surface area contributed by atoms with Gasteiger partial charge in [-0.15, -0.1) is 0 Å². The maximum absolute atomic E-state index is 5.21. The van der Waals surface area contributed by atoms with Crippen LogP contribution in [0.25, 0.3) is 5.69 Å². The number of nitrogens with zero attached hydrogens (tertiary/aromatic N) is 2. The third-order valence-corrected chi connectivity index (χ3v) is 4.39. The summed E-state index contributed by atoms with van der Waals surface area (Å²) in [4.78, 5) is 4.61. The van der Waals surface area contributed by atoms with Crippen LogP contribution in [0.2, 0.25) is 0 Å². The average Bonchev–Trinajstić information content (AvgIpc) is 2.95. The van der Waals surface area contributed by atoms with Gasteiger partial charge < -0.3 is 9.30 Å². The van der Waals surface area contributed by atoms with E-state index in [1.807, 2.05) is 42.6 Å². The second kappa shape index (κ2) is 7.05. The van der Waals surface area contributed by atoms with E-state index in [9.17, 15) is 0 Å². The molecule has 0 aliphatic carbocycles. The zero-order chi connectivity index (χ0) is 17.1. The number of halogens is 1. The number of aromatic nitrogens is 1. The smallest absolute Gasteiger partial charge is 0.119 e. The Labute approximate surface area is 150 Å². The fourth-order valence-corrected chi connectivity index (χ4v) is 3.07. The molecule has 4 heteroatoms. The van der Waals surface area contributed by atoms with E-state index in [-0.39, 0.29) is 0 Å². The molecule has 0 amide bonds. The van der Waals surface area contributed by atoms with E-state index in [1.165, 1.54) is 0 Å². The minimum absolute atomic E-state index is 0.857. The lowest BCUT2D eigenvalue weighted by Crippen LogP contribution is -1.94. The van der Waals surface area contributed by atoms with Crippen LogP contribution < -0.4 is 4.74 Å². The van der Waals surface area contributed by atoms with Crippen LogP contribution in [-0.4, -0.2) is 17.9 Å². The van der Waals surface area contributed by atoms with E-state index >= 15 is 0 Å². The molecule has 0 radical (unpaired) electrons. The van der Waals surface area contributed by atoms with Crippen molar-refractivity contribution in [2.45, 2.75) is 13.8 Å². The van der Waals surface area contributed by atoms with Crippen LogP contribution in [-0.2, 0) is 0 Å². The second-order valence-electron chi connectivity index (χ2n) is 5.67. The highest BCUT2D eigenvalue weighted by Gasteiger charge is 2.04. The average molecular weight is 383 g/mol. The molecule has 0 aliphatic heterocycles. The first-order valence-corrected chi connectivity index (χ1v) is 8.50. The molecule has 1 aromatic heterocycles. The molecule has 0 spiro atoms. The van der Waals surface area contributed by atoms with Gasteiger partial charge in [-0.05, 0) is 67.9 Å².